The van der Waals surface area contributed by atoms with E-state index < -0.39 is 15.8 Å². The topological polar surface area (TPSA) is 37.4 Å². The number of alkyl halides is 1. The lowest BCUT2D eigenvalue weighted by Crippen LogP contribution is -2.25. The van der Waals surface area contributed by atoms with Crippen LogP contribution in [-0.4, -0.2) is 12.2 Å². The van der Waals surface area contributed by atoms with Gasteiger partial charge in [-0.05, 0) is 12.1 Å². The van der Waals surface area contributed by atoms with Crippen molar-refractivity contribution in [2.24, 2.45) is 0 Å². The summed E-state index contributed by atoms with van der Waals surface area (Å²) in [6, 6.07) is 5.42. The number of sulfonamides is 1. The molecule has 3 nitrogen and oxygen atoms in total. The van der Waals surface area contributed by atoms with Gasteiger partial charge in [-0.1, -0.05) is 69.5 Å². The van der Waals surface area contributed by atoms with E-state index in [4.69, 9.17) is 34.8 Å². The molecular weight excluding hydrogens is 470 g/mol. The van der Waals surface area contributed by atoms with E-state index in [1.807, 2.05) is 0 Å². The number of anilines is 1. The summed E-state index contributed by atoms with van der Waals surface area (Å²) in [5.41, 5.74) is -0.142. The van der Waals surface area contributed by atoms with Gasteiger partial charge in [0.2, 0.25) is 0 Å². The number of benzene rings is 1. The molecule has 0 aliphatic rings. The molecular formula is C9H6Cl3FINO2S2. The Kier molecular flexibility index (Phi) is 7.02. The molecule has 0 aromatic heterocycles. The van der Waals surface area contributed by atoms with Crippen LogP contribution in [0.1, 0.15) is 0 Å². The molecule has 0 amide bonds. The largest absolute Gasteiger partial charge is 0.254 e. The van der Waals surface area contributed by atoms with Crippen molar-refractivity contribution in [3.63, 3.8) is 0 Å². The van der Waals surface area contributed by atoms with Crippen molar-refractivity contribution in [3.05, 3.63) is 38.9 Å². The lowest BCUT2D eigenvalue weighted by Gasteiger charge is -2.21. The molecule has 1 aromatic rings. The smallest absolute Gasteiger partial charge is 0.205 e. The SMILES string of the molecule is O=S(=O)(CI)N(SC(Cl)=C(Cl)Cl)c1ccccc1F. The molecule has 0 unspecified atom stereocenters. The molecule has 0 spiro atoms. The van der Waals surface area contributed by atoms with Gasteiger partial charge in [0.05, 0.1) is 0 Å². The van der Waals surface area contributed by atoms with Crippen LogP contribution in [0.15, 0.2) is 33.1 Å². The van der Waals surface area contributed by atoms with Crippen molar-refractivity contribution in [2.75, 3.05) is 7.47 Å². The average Bonchev–Trinajstić information content (AvgIpc) is 2.36. The Hall–Kier alpha value is 0.590. The molecule has 0 saturated carbocycles. The standard InChI is InChI=1S/C9H6Cl3FINO2S2/c10-8(11)9(12)18-15(19(16,17)5-14)7-4-2-1-3-6(7)13/h1-4H,5H2. The van der Waals surface area contributed by atoms with Gasteiger partial charge in [-0.3, -0.25) is 0 Å². The second kappa shape index (κ2) is 7.56. The summed E-state index contributed by atoms with van der Waals surface area (Å²) in [6.07, 6.45) is 0. The highest BCUT2D eigenvalue weighted by Gasteiger charge is 2.26. The van der Waals surface area contributed by atoms with Gasteiger partial charge in [0.25, 0.3) is 10.0 Å². The first-order valence-electron chi connectivity index (χ1n) is 4.52. The predicted molar refractivity (Wildman–Crippen MR) is 88.9 cm³/mol. The van der Waals surface area contributed by atoms with Crippen LogP contribution in [-0.2, 0) is 10.0 Å². The first-order valence-corrected chi connectivity index (χ1v) is 9.56. The predicted octanol–water partition coefficient (Wildman–Crippen LogP) is 4.85. The zero-order valence-corrected chi connectivity index (χ0v) is 15.0. The molecule has 0 N–H and O–H groups in total. The zero-order chi connectivity index (χ0) is 14.6. The van der Waals surface area contributed by atoms with Gasteiger partial charge in [0, 0.05) is 11.9 Å². The van der Waals surface area contributed by atoms with Crippen molar-refractivity contribution in [1.29, 1.82) is 0 Å². The van der Waals surface area contributed by atoms with E-state index in [2.05, 4.69) is 0 Å². The number of nitrogens with zero attached hydrogens (tertiary/aromatic N) is 1. The van der Waals surface area contributed by atoms with Crippen LogP contribution in [0.5, 0.6) is 0 Å². The van der Waals surface area contributed by atoms with Crippen LogP contribution in [0.25, 0.3) is 0 Å². The van der Waals surface area contributed by atoms with Crippen molar-refractivity contribution in [2.45, 2.75) is 0 Å². The third-order valence-electron chi connectivity index (χ3n) is 1.75. The molecule has 0 atom stereocenters. The van der Waals surface area contributed by atoms with Gasteiger partial charge < -0.3 is 0 Å². The van der Waals surface area contributed by atoms with Crippen LogP contribution in [0.2, 0.25) is 0 Å². The fourth-order valence-corrected chi connectivity index (χ4v) is 4.78. The lowest BCUT2D eigenvalue weighted by molar-refractivity contribution is 0.599. The van der Waals surface area contributed by atoms with E-state index in [0.29, 0.717) is 11.9 Å². The summed E-state index contributed by atoms with van der Waals surface area (Å²) in [4.78, 5) is 0. The molecule has 0 heterocycles. The van der Waals surface area contributed by atoms with E-state index in [1.165, 1.54) is 18.2 Å². The Bertz CT molecular complexity index is 593. The summed E-state index contributed by atoms with van der Waals surface area (Å²) in [5, 5.41) is 0. The summed E-state index contributed by atoms with van der Waals surface area (Å²) in [6.45, 7) is 0. The molecule has 0 aliphatic carbocycles. The van der Waals surface area contributed by atoms with Gasteiger partial charge in [-0.15, -0.1) is 0 Å². The maximum atomic E-state index is 13.7. The fraction of sp³-hybridized carbons (Fsp3) is 0.111. The highest BCUT2D eigenvalue weighted by molar-refractivity contribution is 14.1. The maximum absolute atomic E-state index is 13.7. The number of para-hydroxylation sites is 1. The van der Waals surface area contributed by atoms with E-state index in [0.717, 1.165) is 9.78 Å². The molecule has 0 bridgehead atoms. The maximum Gasteiger partial charge on any atom is 0.254 e. The molecule has 0 fully saturated rings. The molecule has 0 saturated heterocycles. The van der Waals surface area contributed by atoms with Crippen LogP contribution in [0, 0.1) is 5.82 Å². The van der Waals surface area contributed by atoms with Crippen LogP contribution < -0.4 is 3.71 Å². The molecule has 0 radical (unpaired) electrons. The third-order valence-corrected chi connectivity index (χ3v) is 7.91. The average molecular weight is 477 g/mol. The monoisotopic (exact) mass is 475 g/mol. The van der Waals surface area contributed by atoms with Gasteiger partial charge in [-0.25, -0.2) is 16.5 Å². The first-order chi connectivity index (χ1) is 8.79. The van der Waals surface area contributed by atoms with Crippen LogP contribution in [0.4, 0.5) is 10.1 Å². The number of halogens is 5. The Morgan fingerprint density at radius 2 is 1.89 bits per heavy atom. The molecule has 10 heteroatoms. The van der Waals surface area contributed by atoms with Gasteiger partial charge >= 0.3 is 0 Å². The van der Waals surface area contributed by atoms with Gasteiger partial charge in [0.15, 0.2) is 0 Å². The Morgan fingerprint density at radius 3 is 2.37 bits per heavy atom. The highest BCUT2D eigenvalue weighted by Crippen LogP contribution is 2.38. The van der Waals surface area contributed by atoms with Crippen molar-refractivity contribution in [1.82, 2.24) is 0 Å². The minimum absolute atomic E-state index is 0.142. The summed E-state index contributed by atoms with van der Waals surface area (Å²) in [7, 11) is -3.76. The normalized spacial score (nSPS) is 11.2. The van der Waals surface area contributed by atoms with E-state index in [-0.39, 0.29) is 18.3 Å². The highest BCUT2D eigenvalue weighted by atomic mass is 127. The molecule has 19 heavy (non-hydrogen) atoms. The minimum Gasteiger partial charge on any atom is -0.205 e. The van der Waals surface area contributed by atoms with Gasteiger partial charge in [0.1, 0.15) is 24.1 Å². The van der Waals surface area contributed by atoms with Crippen LogP contribution >= 0.6 is 69.3 Å². The lowest BCUT2D eigenvalue weighted by atomic mass is 10.3. The summed E-state index contributed by atoms with van der Waals surface area (Å²) in [5.74, 6) is -0.696. The second-order valence-corrected chi connectivity index (χ2v) is 9.38. The zero-order valence-electron chi connectivity index (χ0n) is 8.99. The van der Waals surface area contributed by atoms with Crippen molar-refractivity contribution >= 4 is 85.1 Å². The van der Waals surface area contributed by atoms with E-state index in [9.17, 15) is 12.8 Å². The molecule has 0 aliphatic heterocycles. The van der Waals surface area contributed by atoms with E-state index >= 15 is 0 Å². The Morgan fingerprint density at radius 1 is 1.32 bits per heavy atom. The second-order valence-electron chi connectivity index (χ2n) is 3.02. The quantitative estimate of drug-likeness (QED) is 0.347. The van der Waals surface area contributed by atoms with Crippen molar-refractivity contribution < 1.29 is 12.8 Å². The first kappa shape index (κ1) is 17.6. The Labute approximate surface area is 143 Å². The molecule has 1 rings (SSSR count). The fourth-order valence-electron chi connectivity index (χ4n) is 1.01. The molecule has 1 aromatic carbocycles. The van der Waals surface area contributed by atoms with Gasteiger partial charge in [-0.2, -0.15) is 0 Å². The Balaban J connectivity index is 3.30. The number of rotatable bonds is 5. The summed E-state index contributed by atoms with van der Waals surface area (Å²) < 4.78 is 37.7. The van der Waals surface area contributed by atoms with E-state index in [1.54, 1.807) is 22.6 Å². The van der Waals surface area contributed by atoms with Crippen LogP contribution in [0.3, 0.4) is 0 Å². The molecule has 106 valence electrons. The minimum atomic E-state index is -3.76. The third kappa shape index (κ3) is 4.82. The number of hydrogen-bond donors (Lipinski definition) is 0. The number of hydrogen-bond acceptors (Lipinski definition) is 3. The van der Waals surface area contributed by atoms with Crippen molar-refractivity contribution in [3.8, 4) is 0 Å². The summed E-state index contributed by atoms with van der Waals surface area (Å²) >= 11 is 18.9.